The van der Waals surface area contributed by atoms with Crippen LogP contribution in [0.25, 0.3) is 10.6 Å². The molecule has 1 heterocycles. The summed E-state index contributed by atoms with van der Waals surface area (Å²) in [5.41, 5.74) is 2.04. The van der Waals surface area contributed by atoms with Crippen LogP contribution in [0.1, 0.15) is 27.9 Å². The molecule has 0 radical (unpaired) electrons. The highest BCUT2D eigenvalue weighted by molar-refractivity contribution is 7.17. The molecule has 0 aliphatic rings. The van der Waals surface area contributed by atoms with E-state index in [1.165, 1.54) is 17.4 Å². The summed E-state index contributed by atoms with van der Waals surface area (Å²) in [4.78, 5) is 17.5. The summed E-state index contributed by atoms with van der Waals surface area (Å²) in [5, 5.41) is 3.52. The Morgan fingerprint density at radius 2 is 1.92 bits per heavy atom. The summed E-state index contributed by atoms with van der Waals surface area (Å²) in [5.74, 6) is 0.219. The van der Waals surface area contributed by atoms with Crippen molar-refractivity contribution in [3.05, 3.63) is 70.5 Å². The third-order valence-electron chi connectivity index (χ3n) is 3.81. The van der Waals surface area contributed by atoms with E-state index in [9.17, 15) is 9.18 Å². The first-order chi connectivity index (χ1) is 12.6. The van der Waals surface area contributed by atoms with Gasteiger partial charge in [-0.05, 0) is 44.2 Å². The van der Waals surface area contributed by atoms with E-state index in [0.717, 1.165) is 16.3 Å². The molecule has 0 bridgehead atoms. The number of carbonyl (C=O) groups is 1. The highest BCUT2D eigenvalue weighted by atomic mass is 32.1. The molecule has 3 aromatic rings. The Morgan fingerprint density at radius 1 is 1.19 bits per heavy atom. The monoisotopic (exact) mass is 370 g/mol. The lowest BCUT2D eigenvalue weighted by atomic mass is 10.2. The van der Waals surface area contributed by atoms with Gasteiger partial charge < -0.3 is 10.1 Å². The number of nitrogens with one attached hydrogen (secondary N) is 1. The van der Waals surface area contributed by atoms with Crippen LogP contribution in [0.3, 0.4) is 0 Å². The quantitative estimate of drug-likeness (QED) is 0.691. The average molecular weight is 370 g/mol. The largest absolute Gasteiger partial charge is 0.494 e. The van der Waals surface area contributed by atoms with Gasteiger partial charge in [0.15, 0.2) is 0 Å². The lowest BCUT2D eigenvalue weighted by Gasteiger charge is -2.05. The van der Waals surface area contributed by atoms with E-state index in [1.807, 2.05) is 31.2 Å². The van der Waals surface area contributed by atoms with Crippen molar-refractivity contribution >= 4 is 17.2 Å². The molecule has 1 N–H and O–H groups in total. The van der Waals surface area contributed by atoms with Gasteiger partial charge in [-0.15, -0.1) is 11.3 Å². The molecule has 6 heteroatoms. The third-order valence-corrected chi connectivity index (χ3v) is 5.02. The van der Waals surface area contributed by atoms with E-state index in [0.29, 0.717) is 22.7 Å². The van der Waals surface area contributed by atoms with Crippen molar-refractivity contribution in [2.24, 2.45) is 0 Å². The molecule has 4 nitrogen and oxygen atoms in total. The zero-order valence-corrected chi connectivity index (χ0v) is 15.4. The molecular formula is C20H19FN2O2S. The van der Waals surface area contributed by atoms with Crippen LogP contribution >= 0.6 is 11.3 Å². The van der Waals surface area contributed by atoms with Gasteiger partial charge in [-0.25, -0.2) is 9.37 Å². The van der Waals surface area contributed by atoms with Gasteiger partial charge in [-0.1, -0.05) is 18.2 Å². The third kappa shape index (κ3) is 4.08. The molecule has 0 saturated heterocycles. The van der Waals surface area contributed by atoms with E-state index in [1.54, 1.807) is 25.1 Å². The summed E-state index contributed by atoms with van der Waals surface area (Å²) in [6, 6.07) is 14.0. The SMILES string of the molecule is CCOc1ccc(-c2nc(C)c(C(=O)NCc3ccccc3F)s2)cc1. The van der Waals surface area contributed by atoms with Crippen LogP contribution in [0.5, 0.6) is 5.75 Å². The molecule has 0 aliphatic heterocycles. The van der Waals surface area contributed by atoms with E-state index in [-0.39, 0.29) is 18.3 Å². The number of aryl methyl sites for hydroxylation is 1. The lowest BCUT2D eigenvalue weighted by molar-refractivity contribution is 0.0954. The second-order valence-corrected chi connectivity index (χ2v) is 6.66. The normalized spacial score (nSPS) is 10.6. The number of hydrogen-bond donors (Lipinski definition) is 1. The van der Waals surface area contributed by atoms with Gasteiger partial charge in [0.2, 0.25) is 0 Å². The fraction of sp³-hybridized carbons (Fsp3) is 0.200. The van der Waals surface area contributed by atoms with Gasteiger partial charge in [-0.2, -0.15) is 0 Å². The molecule has 0 atom stereocenters. The second-order valence-electron chi connectivity index (χ2n) is 5.67. The van der Waals surface area contributed by atoms with Gasteiger partial charge in [0.1, 0.15) is 21.5 Å². The lowest BCUT2D eigenvalue weighted by Crippen LogP contribution is -2.23. The molecule has 0 saturated carbocycles. The smallest absolute Gasteiger partial charge is 0.263 e. The molecule has 134 valence electrons. The first kappa shape index (κ1) is 18.1. The maximum absolute atomic E-state index is 13.7. The Morgan fingerprint density at radius 3 is 2.62 bits per heavy atom. The van der Waals surface area contributed by atoms with Crippen molar-refractivity contribution in [1.29, 1.82) is 0 Å². The predicted octanol–water partition coefficient (Wildman–Crippen LogP) is 4.59. The summed E-state index contributed by atoms with van der Waals surface area (Å²) in [7, 11) is 0. The average Bonchev–Trinajstić information content (AvgIpc) is 3.03. The number of amides is 1. The standard InChI is InChI=1S/C20H19FN2O2S/c1-3-25-16-10-8-14(9-11-16)20-23-13(2)18(26-20)19(24)22-12-15-6-4-5-7-17(15)21/h4-11H,3,12H2,1-2H3,(H,22,24). The maximum atomic E-state index is 13.7. The number of nitrogens with zero attached hydrogens (tertiary/aromatic N) is 1. The van der Waals surface area contributed by atoms with Gasteiger partial charge >= 0.3 is 0 Å². The fourth-order valence-electron chi connectivity index (χ4n) is 2.49. The number of carbonyl (C=O) groups excluding carboxylic acids is 1. The molecule has 1 aromatic heterocycles. The first-order valence-electron chi connectivity index (χ1n) is 8.30. The van der Waals surface area contributed by atoms with Crippen molar-refractivity contribution in [2.75, 3.05) is 6.61 Å². The molecule has 26 heavy (non-hydrogen) atoms. The minimum absolute atomic E-state index is 0.140. The highest BCUT2D eigenvalue weighted by Gasteiger charge is 2.16. The van der Waals surface area contributed by atoms with Crippen LogP contribution in [0.4, 0.5) is 4.39 Å². The number of hydrogen-bond acceptors (Lipinski definition) is 4. The second kappa shape index (κ2) is 8.10. The van der Waals surface area contributed by atoms with Gasteiger partial charge in [0, 0.05) is 17.7 Å². The molecule has 0 fully saturated rings. The molecule has 3 rings (SSSR count). The van der Waals surface area contributed by atoms with E-state index in [4.69, 9.17) is 4.74 Å². The number of rotatable bonds is 6. The Hall–Kier alpha value is -2.73. The van der Waals surface area contributed by atoms with E-state index < -0.39 is 0 Å². The predicted molar refractivity (Wildman–Crippen MR) is 101 cm³/mol. The van der Waals surface area contributed by atoms with Crippen LogP contribution < -0.4 is 10.1 Å². The topological polar surface area (TPSA) is 51.2 Å². The van der Waals surface area contributed by atoms with Gasteiger partial charge in [0.25, 0.3) is 5.91 Å². The number of benzene rings is 2. The minimum Gasteiger partial charge on any atom is -0.494 e. The fourth-order valence-corrected chi connectivity index (χ4v) is 3.48. The molecule has 0 unspecified atom stereocenters. The zero-order chi connectivity index (χ0) is 18.5. The highest BCUT2D eigenvalue weighted by Crippen LogP contribution is 2.29. The molecule has 0 aliphatic carbocycles. The number of ether oxygens (including phenoxy) is 1. The Bertz CT molecular complexity index is 906. The Labute approximate surface area is 155 Å². The molecule has 1 amide bonds. The van der Waals surface area contributed by atoms with Crippen LogP contribution in [-0.4, -0.2) is 17.5 Å². The van der Waals surface area contributed by atoms with Gasteiger partial charge in [0.05, 0.1) is 12.3 Å². The van der Waals surface area contributed by atoms with Crippen molar-refractivity contribution in [3.63, 3.8) is 0 Å². The summed E-state index contributed by atoms with van der Waals surface area (Å²) < 4.78 is 19.1. The minimum atomic E-state index is -0.330. The van der Waals surface area contributed by atoms with Crippen molar-refractivity contribution in [3.8, 4) is 16.3 Å². The van der Waals surface area contributed by atoms with Crippen LogP contribution in [-0.2, 0) is 6.54 Å². The van der Waals surface area contributed by atoms with Crippen LogP contribution in [0, 0.1) is 12.7 Å². The van der Waals surface area contributed by atoms with Crippen molar-refractivity contribution in [2.45, 2.75) is 20.4 Å². The number of aromatic nitrogens is 1. The van der Waals surface area contributed by atoms with Crippen molar-refractivity contribution in [1.82, 2.24) is 10.3 Å². The van der Waals surface area contributed by atoms with Crippen molar-refractivity contribution < 1.29 is 13.9 Å². The van der Waals surface area contributed by atoms with Crippen LogP contribution in [0.2, 0.25) is 0 Å². The maximum Gasteiger partial charge on any atom is 0.263 e. The van der Waals surface area contributed by atoms with E-state index >= 15 is 0 Å². The number of thiazole rings is 1. The van der Waals surface area contributed by atoms with E-state index in [2.05, 4.69) is 10.3 Å². The molecular weight excluding hydrogens is 351 g/mol. The first-order valence-corrected chi connectivity index (χ1v) is 9.12. The summed E-state index contributed by atoms with van der Waals surface area (Å²) in [6.45, 7) is 4.49. The Balaban J connectivity index is 1.73. The Kier molecular flexibility index (Phi) is 5.63. The molecule has 0 spiro atoms. The summed E-state index contributed by atoms with van der Waals surface area (Å²) >= 11 is 1.32. The van der Waals surface area contributed by atoms with Gasteiger partial charge in [-0.3, -0.25) is 4.79 Å². The van der Waals surface area contributed by atoms with Crippen LogP contribution in [0.15, 0.2) is 48.5 Å². The number of halogens is 1. The molecule has 2 aromatic carbocycles. The summed E-state index contributed by atoms with van der Waals surface area (Å²) in [6.07, 6.45) is 0. The zero-order valence-electron chi connectivity index (χ0n) is 14.6.